The van der Waals surface area contributed by atoms with E-state index < -0.39 is 5.91 Å². The Kier molecular flexibility index (Phi) is 6.78. The van der Waals surface area contributed by atoms with Gasteiger partial charge in [0.2, 0.25) is 0 Å². The summed E-state index contributed by atoms with van der Waals surface area (Å²) >= 11 is 0. The summed E-state index contributed by atoms with van der Waals surface area (Å²) in [5, 5.41) is 13.7. The van der Waals surface area contributed by atoms with Gasteiger partial charge < -0.3 is 10.1 Å². The molecule has 6 nitrogen and oxygen atoms in total. The van der Waals surface area contributed by atoms with Crippen molar-refractivity contribution in [3.63, 3.8) is 0 Å². The van der Waals surface area contributed by atoms with E-state index in [9.17, 15) is 9.59 Å². The van der Waals surface area contributed by atoms with Crippen molar-refractivity contribution in [1.29, 1.82) is 0 Å². The Bertz CT molecular complexity index is 1290. The van der Waals surface area contributed by atoms with Crippen LogP contribution in [0.25, 0.3) is 16.8 Å². The largest absolute Gasteiger partial charge is 0.488 e. The molecule has 2 amide bonds. The molecule has 33 heavy (non-hydrogen) atoms. The highest BCUT2D eigenvalue weighted by molar-refractivity contribution is 6.07. The Labute approximate surface area is 191 Å². The average Bonchev–Trinajstić information content (AvgIpc) is 2.87. The van der Waals surface area contributed by atoms with Gasteiger partial charge in [-0.1, -0.05) is 66.7 Å². The van der Waals surface area contributed by atoms with Crippen LogP contribution in [-0.2, 0) is 4.79 Å². The molecule has 6 heteroatoms. The molecular weight excluding hydrogens is 416 g/mol. The van der Waals surface area contributed by atoms with E-state index in [2.05, 4.69) is 5.32 Å². The van der Waals surface area contributed by atoms with E-state index >= 15 is 0 Å². The van der Waals surface area contributed by atoms with Crippen LogP contribution in [0.3, 0.4) is 0 Å². The number of nitrogens with one attached hydrogen (secondary N) is 2. The number of rotatable bonds is 7. The first-order chi connectivity index (χ1) is 16.1. The molecule has 0 radical (unpaired) electrons. The van der Waals surface area contributed by atoms with E-state index in [-0.39, 0.29) is 12.5 Å². The number of fused-ring (bicyclic) bond motifs is 1. The Balaban J connectivity index is 1.61. The molecule has 0 atom stereocenters. The van der Waals surface area contributed by atoms with Crippen molar-refractivity contribution in [2.24, 2.45) is 0 Å². The number of hydrogen-bond donors (Lipinski definition) is 3. The Hall–Kier alpha value is -4.42. The molecule has 4 aromatic rings. The fraction of sp³-hybridized carbons (Fsp3) is 0.0370. The summed E-state index contributed by atoms with van der Waals surface area (Å²) in [5.41, 5.74) is 3.70. The smallest absolute Gasteiger partial charge is 0.274 e. The van der Waals surface area contributed by atoms with Crippen LogP contribution in [0, 0.1) is 0 Å². The lowest BCUT2D eigenvalue weighted by Crippen LogP contribution is -2.19. The highest BCUT2D eigenvalue weighted by atomic mass is 16.5. The number of carbonyl (C=O) groups excluding carboxylic acids is 2. The van der Waals surface area contributed by atoms with Gasteiger partial charge in [-0.25, -0.2) is 5.48 Å². The molecule has 3 N–H and O–H groups in total. The van der Waals surface area contributed by atoms with Crippen molar-refractivity contribution < 1.29 is 19.5 Å². The summed E-state index contributed by atoms with van der Waals surface area (Å²) in [6, 6.07) is 29.4. The number of benzene rings is 4. The molecule has 4 aromatic carbocycles. The molecule has 0 saturated heterocycles. The zero-order valence-electron chi connectivity index (χ0n) is 17.7. The van der Waals surface area contributed by atoms with Crippen molar-refractivity contribution in [2.45, 2.75) is 0 Å². The Morgan fingerprint density at radius 3 is 2.27 bits per heavy atom. The number of anilines is 1. The van der Waals surface area contributed by atoms with Crippen LogP contribution in [0.2, 0.25) is 0 Å². The van der Waals surface area contributed by atoms with Gasteiger partial charge in [-0.3, -0.25) is 14.8 Å². The van der Waals surface area contributed by atoms with Crippen LogP contribution in [-0.4, -0.2) is 23.6 Å². The first-order valence-electron chi connectivity index (χ1n) is 10.4. The van der Waals surface area contributed by atoms with Crippen LogP contribution >= 0.6 is 0 Å². The summed E-state index contributed by atoms with van der Waals surface area (Å²) in [7, 11) is 0. The van der Waals surface area contributed by atoms with Gasteiger partial charge in [0, 0.05) is 16.6 Å². The zero-order chi connectivity index (χ0) is 23.0. The minimum Gasteiger partial charge on any atom is -0.488 e. The van der Waals surface area contributed by atoms with Crippen LogP contribution in [0.4, 0.5) is 5.69 Å². The summed E-state index contributed by atoms with van der Waals surface area (Å²) in [4.78, 5) is 24.6. The predicted molar refractivity (Wildman–Crippen MR) is 128 cm³/mol. The molecule has 0 aromatic heterocycles. The topological polar surface area (TPSA) is 87.7 Å². The van der Waals surface area contributed by atoms with Crippen molar-refractivity contribution in [2.75, 3.05) is 11.9 Å². The van der Waals surface area contributed by atoms with Gasteiger partial charge in [0.25, 0.3) is 11.8 Å². The number of carbonyl (C=O) groups is 2. The normalized spacial score (nSPS) is 11.1. The lowest BCUT2D eigenvalue weighted by atomic mass is 10.1. The second kappa shape index (κ2) is 10.3. The SMILES string of the molecule is O=C(Nc1ccccc1)C(=Cc1ccc(C(=O)NO)cc1)COc1cccc2ccccc12. The molecule has 0 aliphatic heterocycles. The molecule has 0 aliphatic carbocycles. The third-order valence-corrected chi connectivity index (χ3v) is 5.07. The van der Waals surface area contributed by atoms with Gasteiger partial charge in [0.1, 0.15) is 12.4 Å². The molecule has 0 aliphatic rings. The van der Waals surface area contributed by atoms with Gasteiger partial charge in [0.15, 0.2) is 0 Å². The number of hydrogen-bond acceptors (Lipinski definition) is 4. The van der Waals surface area contributed by atoms with Crippen LogP contribution in [0.1, 0.15) is 15.9 Å². The van der Waals surface area contributed by atoms with Crippen molar-refractivity contribution in [3.05, 3.63) is 114 Å². The second-order valence-corrected chi connectivity index (χ2v) is 7.32. The second-order valence-electron chi connectivity index (χ2n) is 7.32. The highest BCUT2D eigenvalue weighted by Gasteiger charge is 2.13. The maximum Gasteiger partial charge on any atom is 0.274 e. The lowest BCUT2D eigenvalue weighted by Gasteiger charge is -2.13. The summed E-state index contributed by atoms with van der Waals surface area (Å²) in [5.74, 6) is -0.216. The molecule has 0 unspecified atom stereocenters. The molecule has 4 rings (SSSR count). The molecular formula is C27H22N2O4. The predicted octanol–water partition coefficient (Wildman–Crippen LogP) is 5.06. The number of para-hydroxylation sites is 1. The summed E-state index contributed by atoms with van der Waals surface area (Å²) < 4.78 is 6.07. The van der Waals surface area contributed by atoms with Gasteiger partial charge >= 0.3 is 0 Å². The Morgan fingerprint density at radius 1 is 0.818 bits per heavy atom. The molecule has 164 valence electrons. The van der Waals surface area contributed by atoms with Gasteiger partial charge in [-0.05, 0) is 47.4 Å². The van der Waals surface area contributed by atoms with E-state index in [0.717, 1.165) is 10.8 Å². The number of hydroxylamine groups is 1. The molecule has 0 fully saturated rings. The number of amides is 2. The van der Waals surface area contributed by atoms with Gasteiger partial charge in [-0.15, -0.1) is 0 Å². The van der Waals surface area contributed by atoms with E-state index in [1.807, 2.05) is 72.8 Å². The first-order valence-corrected chi connectivity index (χ1v) is 10.4. The van der Waals surface area contributed by atoms with E-state index in [0.29, 0.717) is 28.1 Å². The maximum absolute atomic E-state index is 13.1. The van der Waals surface area contributed by atoms with E-state index in [4.69, 9.17) is 9.94 Å². The van der Waals surface area contributed by atoms with Gasteiger partial charge in [-0.2, -0.15) is 0 Å². The lowest BCUT2D eigenvalue weighted by molar-refractivity contribution is -0.113. The van der Waals surface area contributed by atoms with Crippen LogP contribution < -0.4 is 15.5 Å². The minimum absolute atomic E-state index is 0.0472. The monoisotopic (exact) mass is 438 g/mol. The zero-order valence-corrected chi connectivity index (χ0v) is 17.7. The fourth-order valence-electron chi connectivity index (χ4n) is 3.38. The van der Waals surface area contributed by atoms with Crippen molar-refractivity contribution in [1.82, 2.24) is 5.48 Å². The van der Waals surface area contributed by atoms with E-state index in [1.54, 1.807) is 35.8 Å². The third-order valence-electron chi connectivity index (χ3n) is 5.07. The van der Waals surface area contributed by atoms with Crippen molar-refractivity contribution >= 4 is 34.4 Å². The molecule has 0 heterocycles. The standard InChI is InChI=1S/C27H22N2O4/c30-26(28-23-9-2-1-3-10-23)22(17-19-13-15-21(16-14-19)27(31)29-32)18-33-25-12-6-8-20-7-4-5-11-24(20)25/h1-17,32H,18H2,(H,28,30)(H,29,31). The minimum atomic E-state index is -0.605. The maximum atomic E-state index is 13.1. The van der Waals surface area contributed by atoms with E-state index in [1.165, 1.54) is 0 Å². The van der Waals surface area contributed by atoms with Crippen molar-refractivity contribution in [3.8, 4) is 5.75 Å². The average molecular weight is 438 g/mol. The Morgan fingerprint density at radius 2 is 1.52 bits per heavy atom. The number of ether oxygens (including phenoxy) is 1. The third kappa shape index (κ3) is 5.44. The summed E-state index contributed by atoms with van der Waals surface area (Å²) in [6.07, 6.45) is 1.71. The highest BCUT2D eigenvalue weighted by Crippen LogP contribution is 2.26. The first kappa shape index (κ1) is 21.8. The quantitative estimate of drug-likeness (QED) is 0.214. The fourth-order valence-corrected chi connectivity index (χ4v) is 3.38. The van der Waals surface area contributed by atoms with Crippen LogP contribution in [0.15, 0.2) is 103 Å². The molecule has 0 bridgehead atoms. The summed E-state index contributed by atoms with van der Waals surface area (Å²) in [6.45, 7) is 0.0472. The molecule has 0 saturated carbocycles. The van der Waals surface area contributed by atoms with Gasteiger partial charge in [0.05, 0.1) is 5.57 Å². The molecule has 0 spiro atoms. The van der Waals surface area contributed by atoms with Crippen LogP contribution in [0.5, 0.6) is 5.75 Å².